The Hall–Kier alpha value is -1.80. The fourth-order valence-electron chi connectivity index (χ4n) is 1.63. The zero-order valence-electron chi connectivity index (χ0n) is 11.4. The van der Waals surface area contributed by atoms with E-state index in [2.05, 4.69) is 10.6 Å². The minimum absolute atomic E-state index is 0.00333. The van der Waals surface area contributed by atoms with Gasteiger partial charge in [0.1, 0.15) is 9.84 Å². The lowest BCUT2D eigenvalue weighted by Crippen LogP contribution is -2.40. The summed E-state index contributed by atoms with van der Waals surface area (Å²) in [5.74, 6) is -1.32. The smallest absolute Gasteiger partial charge is 0.335 e. The first-order chi connectivity index (χ1) is 9.58. The van der Waals surface area contributed by atoms with Crippen molar-refractivity contribution in [1.82, 2.24) is 5.32 Å². The summed E-state index contributed by atoms with van der Waals surface area (Å²) in [6.07, 6.45) is 1.07. The maximum Gasteiger partial charge on any atom is 0.335 e. The van der Waals surface area contributed by atoms with Crippen molar-refractivity contribution in [3.05, 3.63) is 28.8 Å². The molecule has 1 aromatic rings. The van der Waals surface area contributed by atoms with Crippen molar-refractivity contribution in [2.45, 2.75) is 13.0 Å². The predicted octanol–water partition coefficient (Wildman–Crippen LogP) is 1.59. The van der Waals surface area contributed by atoms with E-state index in [1.54, 1.807) is 6.92 Å². The van der Waals surface area contributed by atoms with Crippen molar-refractivity contribution in [3.8, 4) is 0 Å². The molecule has 21 heavy (non-hydrogen) atoms. The van der Waals surface area contributed by atoms with Gasteiger partial charge < -0.3 is 15.7 Å². The van der Waals surface area contributed by atoms with Gasteiger partial charge in [0.2, 0.25) is 0 Å². The monoisotopic (exact) mass is 334 g/mol. The van der Waals surface area contributed by atoms with Gasteiger partial charge in [-0.05, 0) is 25.1 Å². The Bertz CT molecular complexity index is 660. The van der Waals surface area contributed by atoms with Gasteiger partial charge in [-0.3, -0.25) is 0 Å². The molecule has 0 radical (unpaired) electrons. The van der Waals surface area contributed by atoms with Crippen molar-refractivity contribution >= 4 is 39.1 Å². The van der Waals surface area contributed by atoms with Gasteiger partial charge >= 0.3 is 12.0 Å². The number of carboxylic acids is 1. The number of anilines is 1. The number of carboxylic acid groups (broad SMARTS) is 1. The average molecular weight is 335 g/mol. The van der Waals surface area contributed by atoms with Gasteiger partial charge in [-0.2, -0.15) is 0 Å². The van der Waals surface area contributed by atoms with E-state index in [-0.39, 0.29) is 22.0 Å². The van der Waals surface area contributed by atoms with Crippen LogP contribution in [0.3, 0.4) is 0 Å². The number of nitrogens with one attached hydrogen (secondary N) is 2. The summed E-state index contributed by atoms with van der Waals surface area (Å²) in [4.78, 5) is 22.4. The van der Waals surface area contributed by atoms with Gasteiger partial charge in [-0.1, -0.05) is 11.6 Å². The van der Waals surface area contributed by atoms with Crippen molar-refractivity contribution in [2.24, 2.45) is 0 Å². The lowest BCUT2D eigenvalue weighted by molar-refractivity contribution is 0.0697. The number of rotatable bonds is 5. The van der Waals surface area contributed by atoms with E-state index in [4.69, 9.17) is 16.7 Å². The van der Waals surface area contributed by atoms with Crippen LogP contribution in [0.2, 0.25) is 5.02 Å². The molecule has 9 heteroatoms. The second-order valence-electron chi connectivity index (χ2n) is 4.59. The molecule has 0 aromatic heterocycles. The highest BCUT2D eigenvalue weighted by atomic mass is 35.5. The second-order valence-corrected chi connectivity index (χ2v) is 7.18. The van der Waals surface area contributed by atoms with E-state index >= 15 is 0 Å². The number of urea groups is 1. The number of sulfone groups is 1. The summed E-state index contributed by atoms with van der Waals surface area (Å²) in [6.45, 7) is 1.55. The second kappa shape index (κ2) is 6.77. The Morgan fingerprint density at radius 2 is 2.00 bits per heavy atom. The van der Waals surface area contributed by atoms with Crippen LogP contribution in [0.25, 0.3) is 0 Å². The summed E-state index contributed by atoms with van der Waals surface area (Å²) >= 11 is 5.86. The fourth-order valence-corrected chi connectivity index (χ4v) is 2.85. The minimum atomic E-state index is -3.20. The quantitative estimate of drug-likeness (QED) is 0.757. The largest absolute Gasteiger partial charge is 0.478 e. The van der Waals surface area contributed by atoms with Crippen molar-refractivity contribution in [3.63, 3.8) is 0 Å². The van der Waals surface area contributed by atoms with Crippen molar-refractivity contribution in [1.29, 1.82) is 0 Å². The zero-order valence-corrected chi connectivity index (χ0v) is 13.0. The molecule has 1 atom stereocenters. The van der Waals surface area contributed by atoms with Crippen LogP contribution in [0.15, 0.2) is 18.2 Å². The Morgan fingerprint density at radius 3 is 2.48 bits per heavy atom. The fraction of sp³-hybridized carbons (Fsp3) is 0.333. The molecule has 0 spiro atoms. The van der Waals surface area contributed by atoms with Gasteiger partial charge in [0.05, 0.1) is 22.0 Å². The van der Waals surface area contributed by atoms with Crippen LogP contribution in [0.5, 0.6) is 0 Å². The topological polar surface area (TPSA) is 113 Å². The van der Waals surface area contributed by atoms with Crippen molar-refractivity contribution in [2.75, 3.05) is 17.3 Å². The van der Waals surface area contributed by atoms with Crippen LogP contribution in [0.1, 0.15) is 17.3 Å². The van der Waals surface area contributed by atoms with Crippen LogP contribution >= 0.6 is 11.6 Å². The van der Waals surface area contributed by atoms with Crippen LogP contribution in [0.4, 0.5) is 10.5 Å². The SMILES string of the molecule is CC(CS(C)(=O)=O)NC(=O)Nc1ccc(C(=O)O)cc1Cl. The number of hydrogen-bond donors (Lipinski definition) is 3. The lowest BCUT2D eigenvalue weighted by Gasteiger charge is -2.14. The third-order valence-electron chi connectivity index (χ3n) is 2.39. The number of halogens is 1. The molecule has 1 aromatic carbocycles. The first kappa shape index (κ1) is 17.3. The van der Waals surface area contributed by atoms with Crippen LogP contribution < -0.4 is 10.6 Å². The molecule has 0 heterocycles. The van der Waals surface area contributed by atoms with Gasteiger partial charge in [0, 0.05) is 12.3 Å². The Kier molecular flexibility index (Phi) is 5.56. The molecule has 0 bridgehead atoms. The average Bonchev–Trinajstić information content (AvgIpc) is 2.28. The van der Waals surface area contributed by atoms with Gasteiger partial charge in [0.25, 0.3) is 0 Å². The minimum Gasteiger partial charge on any atom is -0.478 e. The van der Waals surface area contributed by atoms with E-state index in [0.717, 1.165) is 6.26 Å². The molecule has 7 nitrogen and oxygen atoms in total. The molecule has 0 saturated carbocycles. The first-order valence-electron chi connectivity index (χ1n) is 5.86. The Morgan fingerprint density at radius 1 is 1.38 bits per heavy atom. The molecule has 0 fully saturated rings. The van der Waals surface area contributed by atoms with Crippen LogP contribution in [0, 0.1) is 0 Å². The zero-order chi connectivity index (χ0) is 16.2. The number of carbonyl (C=O) groups excluding carboxylic acids is 1. The predicted molar refractivity (Wildman–Crippen MR) is 79.7 cm³/mol. The third kappa shape index (κ3) is 6.01. The first-order valence-corrected chi connectivity index (χ1v) is 8.30. The molecule has 0 aliphatic rings. The number of benzene rings is 1. The molecule has 3 N–H and O–H groups in total. The van der Waals surface area contributed by atoms with Gasteiger partial charge in [0.15, 0.2) is 0 Å². The van der Waals surface area contributed by atoms with Crippen molar-refractivity contribution < 1.29 is 23.1 Å². The summed E-state index contributed by atoms with van der Waals surface area (Å²) < 4.78 is 22.2. The summed E-state index contributed by atoms with van der Waals surface area (Å²) in [6, 6.07) is 2.66. The molecule has 116 valence electrons. The molecule has 0 aliphatic carbocycles. The normalized spacial score (nSPS) is 12.5. The summed E-state index contributed by atoms with van der Waals surface area (Å²) in [5, 5.41) is 13.7. The third-order valence-corrected chi connectivity index (χ3v) is 3.81. The summed E-state index contributed by atoms with van der Waals surface area (Å²) in [5.41, 5.74) is 0.224. The van der Waals surface area contributed by atoms with Crippen LogP contribution in [-0.4, -0.2) is 43.6 Å². The highest BCUT2D eigenvalue weighted by Crippen LogP contribution is 2.23. The summed E-state index contributed by atoms with van der Waals surface area (Å²) in [7, 11) is -3.20. The molecule has 1 rings (SSSR count). The standard InChI is InChI=1S/C12H15ClN2O5S/c1-7(6-21(2,19)20)14-12(18)15-10-4-3-8(11(16)17)5-9(10)13/h3-5,7H,6H2,1-2H3,(H,16,17)(H2,14,15,18). The molecule has 2 amide bonds. The molecule has 1 unspecified atom stereocenters. The van der Waals surface area contributed by atoms with E-state index in [1.807, 2.05) is 0 Å². The Balaban J connectivity index is 2.69. The maximum atomic E-state index is 11.7. The van der Waals surface area contributed by atoms with E-state index in [0.29, 0.717) is 0 Å². The van der Waals surface area contributed by atoms with Gasteiger partial charge in [-0.25, -0.2) is 18.0 Å². The van der Waals surface area contributed by atoms with E-state index in [1.165, 1.54) is 18.2 Å². The number of amides is 2. The Labute approximate surface area is 127 Å². The van der Waals surface area contributed by atoms with Gasteiger partial charge in [-0.15, -0.1) is 0 Å². The highest BCUT2D eigenvalue weighted by Gasteiger charge is 2.14. The highest BCUT2D eigenvalue weighted by molar-refractivity contribution is 7.90. The molecule has 0 saturated heterocycles. The van der Waals surface area contributed by atoms with E-state index in [9.17, 15) is 18.0 Å². The number of hydrogen-bond acceptors (Lipinski definition) is 4. The molecular formula is C12H15ClN2O5S. The van der Waals surface area contributed by atoms with Crippen LogP contribution in [-0.2, 0) is 9.84 Å². The lowest BCUT2D eigenvalue weighted by atomic mass is 10.2. The molecular weight excluding hydrogens is 320 g/mol. The maximum absolute atomic E-state index is 11.7. The van der Waals surface area contributed by atoms with E-state index < -0.39 is 27.9 Å². The molecule has 0 aliphatic heterocycles. The number of aromatic carboxylic acids is 1. The number of carbonyl (C=O) groups is 2.